The molecule has 0 aliphatic heterocycles. The number of methoxy groups -OCH3 is 2. The van der Waals surface area contributed by atoms with E-state index in [0.29, 0.717) is 22.9 Å². The van der Waals surface area contributed by atoms with Crippen LogP contribution in [-0.4, -0.2) is 35.1 Å². The molecular formula is C17H16BrN5O3. The zero-order valence-electron chi connectivity index (χ0n) is 14.1. The van der Waals surface area contributed by atoms with Gasteiger partial charge in [-0.2, -0.15) is 4.68 Å². The Balaban J connectivity index is 1.88. The Morgan fingerprint density at radius 1 is 1.12 bits per heavy atom. The zero-order valence-corrected chi connectivity index (χ0v) is 15.6. The molecule has 3 aromatic rings. The highest BCUT2D eigenvalue weighted by molar-refractivity contribution is 9.10. The third-order valence-corrected chi connectivity index (χ3v) is 4.16. The van der Waals surface area contributed by atoms with Crippen LogP contribution >= 0.6 is 15.9 Å². The molecule has 3 rings (SSSR count). The van der Waals surface area contributed by atoms with Crippen LogP contribution < -0.4 is 20.5 Å². The Kier molecular flexibility index (Phi) is 5.08. The smallest absolute Gasteiger partial charge is 0.280 e. The van der Waals surface area contributed by atoms with Crippen molar-refractivity contribution >= 4 is 33.3 Å². The number of nitrogens with two attached hydrogens (primary N) is 1. The second-order valence-electron chi connectivity index (χ2n) is 5.24. The van der Waals surface area contributed by atoms with Crippen LogP contribution in [0.25, 0.3) is 5.69 Å². The summed E-state index contributed by atoms with van der Waals surface area (Å²) in [7, 11) is 3.08. The molecule has 0 radical (unpaired) electrons. The molecule has 0 fully saturated rings. The van der Waals surface area contributed by atoms with Gasteiger partial charge in [0.15, 0.2) is 23.0 Å². The standard InChI is InChI=1S/C17H16BrN5O3/c1-25-13-8-7-12(9-14(13)26-2)23-16(19)15(21-22-23)17(24)20-11-5-3-10(18)4-6-11/h3-9H,19H2,1-2H3,(H,20,24). The summed E-state index contributed by atoms with van der Waals surface area (Å²) < 4.78 is 12.7. The number of halogens is 1. The van der Waals surface area contributed by atoms with E-state index in [-0.39, 0.29) is 11.5 Å². The van der Waals surface area contributed by atoms with Crippen molar-refractivity contribution in [2.75, 3.05) is 25.3 Å². The molecule has 0 unspecified atom stereocenters. The summed E-state index contributed by atoms with van der Waals surface area (Å²) in [6.07, 6.45) is 0. The highest BCUT2D eigenvalue weighted by atomic mass is 79.9. The zero-order chi connectivity index (χ0) is 18.7. The normalized spacial score (nSPS) is 10.4. The molecule has 0 aliphatic rings. The lowest BCUT2D eigenvalue weighted by Crippen LogP contribution is -2.15. The molecule has 0 atom stereocenters. The Bertz CT molecular complexity index is 940. The van der Waals surface area contributed by atoms with Gasteiger partial charge in [0, 0.05) is 16.2 Å². The Labute approximate surface area is 158 Å². The predicted molar refractivity (Wildman–Crippen MR) is 101 cm³/mol. The summed E-state index contributed by atoms with van der Waals surface area (Å²) in [5.74, 6) is 0.757. The highest BCUT2D eigenvalue weighted by Crippen LogP contribution is 2.30. The van der Waals surface area contributed by atoms with Crippen molar-refractivity contribution in [1.29, 1.82) is 0 Å². The molecule has 8 nitrogen and oxygen atoms in total. The van der Waals surface area contributed by atoms with E-state index in [1.54, 1.807) is 37.4 Å². The maximum atomic E-state index is 12.4. The Morgan fingerprint density at radius 2 is 1.81 bits per heavy atom. The summed E-state index contributed by atoms with van der Waals surface area (Å²) in [6, 6.07) is 12.3. The first-order valence-corrected chi connectivity index (χ1v) is 8.33. The average Bonchev–Trinajstić information content (AvgIpc) is 3.04. The van der Waals surface area contributed by atoms with Crippen LogP contribution in [0.15, 0.2) is 46.9 Å². The van der Waals surface area contributed by atoms with Crippen LogP contribution in [-0.2, 0) is 0 Å². The third kappa shape index (κ3) is 3.47. The number of carbonyl (C=O) groups is 1. The maximum absolute atomic E-state index is 12.4. The van der Waals surface area contributed by atoms with Gasteiger partial charge >= 0.3 is 0 Å². The minimum absolute atomic E-state index is 0.0303. The van der Waals surface area contributed by atoms with Crippen molar-refractivity contribution in [2.45, 2.75) is 0 Å². The molecule has 1 heterocycles. The molecule has 3 N–H and O–H groups in total. The minimum atomic E-state index is -0.448. The van der Waals surface area contributed by atoms with Crippen LogP contribution in [0.5, 0.6) is 11.5 Å². The van der Waals surface area contributed by atoms with Crippen molar-refractivity contribution in [3.05, 3.63) is 52.6 Å². The van der Waals surface area contributed by atoms with E-state index in [1.807, 2.05) is 12.1 Å². The van der Waals surface area contributed by atoms with E-state index in [0.717, 1.165) is 4.47 Å². The molecule has 0 spiro atoms. The number of nitrogens with one attached hydrogen (secondary N) is 1. The van der Waals surface area contributed by atoms with Gasteiger partial charge in [0.05, 0.1) is 19.9 Å². The van der Waals surface area contributed by atoms with Gasteiger partial charge in [0.25, 0.3) is 5.91 Å². The number of hydrogen-bond acceptors (Lipinski definition) is 6. The van der Waals surface area contributed by atoms with Gasteiger partial charge in [0.1, 0.15) is 0 Å². The quantitative estimate of drug-likeness (QED) is 0.661. The number of carbonyl (C=O) groups excluding carboxylic acids is 1. The SMILES string of the molecule is COc1ccc(-n2nnc(C(=O)Nc3ccc(Br)cc3)c2N)cc1OC. The van der Waals surface area contributed by atoms with Gasteiger partial charge in [-0.05, 0) is 36.4 Å². The summed E-state index contributed by atoms with van der Waals surface area (Å²) >= 11 is 3.34. The lowest BCUT2D eigenvalue weighted by molar-refractivity contribution is 0.102. The van der Waals surface area contributed by atoms with E-state index in [4.69, 9.17) is 15.2 Å². The van der Waals surface area contributed by atoms with Gasteiger partial charge in [-0.1, -0.05) is 21.1 Å². The monoisotopic (exact) mass is 417 g/mol. The second kappa shape index (κ2) is 7.44. The maximum Gasteiger partial charge on any atom is 0.280 e. The van der Waals surface area contributed by atoms with Crippen molar-refractivity contribution in [2.24, 2.45) is 0 Å². The highest BCUT2D eigenvalue weighted by Gasteiger charge is 2.19. The summed E-state index contributed by atoms with van der Waals surface area (Å²) in [5, 5.41) is 10.6. The summed E-state index contributed by atoms with van der Waals surface area (Å²) in [5.41, 5.74) is 7.32. The molecule has 0 saturated carbocycles. The number of aromatic nitrogens is 3. The number of amides is 1. The summed E-state index contributed by atoms with van der Waals surface area (Å²) in [6.45, 7) is 0. The van der Waals surface area contributed by atoms with Crippen molar-refractivity contribution < 1.29 is 14.3 Å². The second-order valence-corrected chi connectivity index (χ2v) is 6.15. The molecule has 2 aromatic carbocycles. The fourth-order valence-corrected chi connectivity index (χ4v) is 2.59. The number of rotatable bonds is 5. The topological polar surface area (TPSA) is 104 Å². The first-order chi connectivity index (χ1) is 12.5. The first kappa shape index (κ1) is 17.7. The molecule has 134 valence electrons. The number of anilines is 2. The number of benzene rings is 2. The molecule has 0 aliphatic carbocycles. The van der Waals surface area contributed by atoms with E-state index in [2.05, 4.69) is 31.6 Å². The van der Waals surface area contributed by atoms with E-state index in [9.17, 15) is 4.79 Å². The Hall–Kier alpha value is -3.07. The third-order valence-electron chi connectivity index (χ3n) is 3.63. The van der Waals surface area contributed by atoms with Gasteiger partial charge in [-0.25, -0.2) is 0 Å². The van der Waals surface area contributed by atoms with Crippen molar-refractivity contribution in [3.8, 4) is 17.2 Å². The molecule has 0 saturated heterocycles. The first-order valence-electron chi connectivity index (χ1n) is 7.54. The van der Waals surface area contributed by atoms with Gasteiger partial charge < -0.3 is 20.5 Å². The molecule has 26 heavy (non-hydrogen) atoms. The average molecular weight is 418 g/mol. The van der Waals surface area contributed by atoms with Crippen LogP contribution in [0.4, 0.5) is 11.5 Å². The van der Waals surface area contributed by atoms with E-state index < -0.39 is 5.91 Å². The molecule has 0 bridgehead atoms. The van der Waals surface area contributed by atoms with E-state index >= 15 is 0 Å². The molecule has 1 aromatic heterocycles. The van der Waals surface area contributed by atoms with Crippen molar-refractivity contribution in [1.82, 2.24) is 15.0 Å². The van der Waals surface area contributed by atoms with Crippen LogP contribution in [0, 0.1) is 0 Å². The predicted octanol–water partition coefficient (Wildman–Crippen LogP) is 2.88. The number of nitrogens with zero attached hydrogens (tertiary/aromatic N) is 3. The fourth-order valence-electron chi connectivity index (χ4n) is 2.32. The molecular weight excluding hydrogens is 402 g/mol. The summed E-state index contributed by atoms with van der Waals surface area (Å²) in [4.78, 5) is 12.4. The van der Waals surface area contributed by atoms with Gasteiger partial charge in [-0.15, -0.1) is 5.10 Å². The van der Waals surface area contributed by atoms with Gasteiger partial charge in [-0.3, -0.25) is 4.79 Å². The number of nitrogen functional groups attached to an aromatic ring is 1. The Morgan fingerprint density at radius 3 is 2.46 bits per heavy atom. The molecule has 1 amide bonds. The minimum Gasteiger partial charge on any atom is -0.493 e. The van der Waals surface area contributed by atoms with Crippen LogP contribution in [0.1, 0.15) is 10.5 Å². The fraction of sp³-hybridized carbons (Fsp3) is 0.118. The number of hydrogen-bond donors (Lipinski definition) is 2. The van der Waals surface area contributed by atoms with Crippen LogP contribution in [0.3, 0.4) is 0 Å². The van der Waals surface area contributed by atoms with Gasteiger partial charge in [0.2, 0.25) is 0 Å². The van der Waals surface area contributed by atoms with Crippen LogP contribution in [0.2, 0.25) is 0 Å². The number of ether oxygens (including phenoxy) is 2. The van der Waals surface area contributed by atoms with Crippen molar-refractivity contribution in [3.63, 3.8) is 0 Å². The molecule has 9 heteroatoms. The van der Waals surface area contributed by atoms with E-state index in [1.165, 1.54) is 11.8 Å². The lowest BCUT2D eigenvalue weighted by Gasteiger charge is -2.10. The largest absolute Gasteiger partial charge is 0.493 e. The lowest BCUT2D eigenvalue weighted by atomic mass is 10.2.